The Kier molecular flexibility index (Phi) is 8.23. The number of nitrogens with one attached hydrogen (secondary N) is 1. The Morgan fingerprint density at radius 1 is 1.00 bits per heavy atom. The lowest BCUT2D eigenvalue weighted by Gasteiger charge is -2.34. The molecule has 198 valence electrons. The van der Waals surface area contributed by atoms with Gasteiger partial charge in [0.15, 0.2) is 5.76 Å². The number of carbonyl (C=O) groups is 3. The molecule has 0 spiro atoms. The fraction of sp³-hybridized carbons (Fsp3) is 0.556. The van der Waals surface area contributed by atoms with Gasteiger partial charge in [-0.2, -0.15) is 0 Å². The van der Waals surface area contributed by atoms with Crippen LogP contribution in [0.1, 0.15) is 76.9 Å². The van der Waals surface area contributed by atoms with Crippen LogP contribution in [0.4, 0.5) is 4.79 Å². The first kappa shape index (κ1) is 25.5. The molecule has 2 aromatic rings. The number of hydrogen-bond donors (Lipinski definition) is 1. The smallest absolute Gasteiger partial charge is 0.317 e. The van der Waals surface area contributed by atoms with Crippen LogP contribution in [0.25, 0.3) is 0 Å². The molecule has 0 radical (unpaired) electrons. The molecule has 4 amide bonds. The molecule has 37 heavy (non-hydrogen) atoms. The summed E-state index contributed by atoms with van der Waals surface area (Å²) in [7, 11) is 0. The molecule has 0 bridgehead atoms. The van der Waals surface area contributed by atoms with Crippen molar-refractivity contribution in [2.75, 3.05) is 45.8 Å². The van der Waals surface area contributed by atoms with Gasteiger partial charge in [0.2, 0.25) is 0 Å². The highest BCUT2D eigenvalue weighted by Gasteiger charge is 2.30. The Morgan fingerprint density at radius 3 is 2.43 bits per heavy atom. The van der Waals surface area contributed by atoms with Crippen molar-refractivity contribution in [2.45, 2.75) is 50.9 Å². The standard InChI is InChI=1S/C27H35N5O4S/c33-25(30-14-16-31(17-15-30)26(34)23-7-4-18-36-23)22-19-37-24(29-22)21-9-12-32(13-10-21)27(35)28-11-8-20-5-2-1-3-6-20/h4-5,7,18-19,21H,1-3,6,8-17H2,(H,28,35). The molecule has 2 aromatic heterocycles. The molecule has 0 atom stereocenters. The van der Waals surface area contributed by atoms with Gasteiger partial charge in [-0.25, -0.2) is 9.78 Å². The molecule has 1 aliphatic carbocycles. The van der Waals surface area contributed by atoms with Gasteiger partial charge in [0, 0.05) is 57.1 Å². The Hall–Kier alpha value is -3.14. The third kappa shape index (κ3) is 6.23. The summed E-state index contributed by atoms with van der Waals surface area (Å²) in [4.78, 5) is 48.1. The summed E-state index contributed by atoms with van der Waals surface area (Å²) >= 11 is 1.53. The van der Waals surface area contributed by atoms with E-state index in [1.54, 1.807) is 21.9 Å². The summed E-state index contributed by atoms with van der Waals surface area (Å²) in [5, 5.41) is 5.90. The van der Waals surface area contributed by atoms with E-state index in [0.717, 1.165) is 24.3 Å². The van der Waals surface area contributed by atoms with E-state index in [2.05, 4.69) is 16.4 Å². The average molecular weight is 526 g/mol. The van der Waals surface area contributed by atoms with Gasteiger partial charge in [0.05, 0.1) is 11.3 Å². The number of furan rings is 1. The van der Waals surface area contributed by atoms with Crippen LogP contribution < -0.4 is 5.32 Å². The summed E-state index contributed by atoms with van der Waals surface area (Å²) in [5.74, 6) is 0.363. The molecule has 0 aromatic carbocycles. The maximum absolute atomic E-state index is 13.0. The van der Waals surface area contributed by atoms with Crippen molar-refractivity contribution in [3.63, 3.8) is 0 Å². The number of allylic oxidation sites excluding steroid dienone is 1. The second kappa shape index (κ2) is 11.9. The number of carbonyl (C=O) groups excluding carboxylic acids is 3. The molecule has 0 saturated carbocycles. The lowest BCUT2D eigenvalue weighted by molar-refractivity contribution is 0.0515. The van der Waals surface area contributed by atoms with Crippen molar-refractivity contribution in [1.82, 2.24) is 25.0 Å². The highest BCUT2D eigenvalue weighted by atomic mass is 32.1. The number of urea groups is 1. The maximum atomic E-state index is 13.0. The first-order chi connectivity index (χ1) is 18.1. The molecule has 10 heteroatoms. The van der Waals surface area contributed by atoms with Gasteiger partial charge in [0.1, 0.15) is 5.69 Å². The maximum Gasteiger partial charge on any atom is 0.317 e. The van der Waals surface area contributed by atoms with Crippen molar-refractivity contribution >= 4 is 29.2 Å². The van der Waals surface area contributed by atoms with Gasteiger partial charge < -0.3 is 24.4 Å². The fourth-order valence-corrected chi connectivity index (χ4v) is 6.27. The van der Waals surface area contributed by atoms with Crippen molar-refractivity contribution in [2.24, 2.45) is 0 Å². The lowest BCUT2D eigenvalue weighted by Crippen LogP contribution is -2.50. The molecule has 2 fully saturated rings. The Bertz CT molecular complexity index is 1110. The van der Waals surface area contributed by atoms with E-state index in [1.165, 1.54) is 48.9 Å². The number of hydrogen-bond acceptors (Lipinski definition) is 6. The minimum absolute atomic E-state index is 0.0227. The lowest BCUT2D eigenvalue weighted by atomic mass is 9.97. The van der Waals surface area contributed by atoms with E-state index in [-0.39, 0.29) is 23.8 Å². The number of thiazole rings is 1. The third-order valence-corrected chi connectivity index (χ3v) is 8.57. The van der Waals surface area contributed by atoms with E-state index >= 15 is 0 Å². The Balaban J connectivity index is 1.05. The van der Waals surface area contributed by atoms with Crippen molar-refractivity contribution in [3.8, 4) is 0 Å². The van der Waals surface area contributed by atoms with Gasteiger partial charge in [-0.3, -0.25) is 9.59 Å². The highest BCUT2D eigenvalue weighted by Crippen LogP contribution is 2.31. The second-order valence-electron chi connectivity index (χ2n) is 9.98. The summed E-state index contributed by atoms with van der Waals surface area (Å²) in [5.41, 5.74) is 1.95. The van der Waals surface area contributed by atoms with Crippen LogP contribution in [-0.4, -0.2) is 83.3 Å². The number of likely N-dealkylation sites (tertiary alicyclic amines) is 1. The van der Waals surface area contributed by atoms with E-state index in [4.69, 9.17) is 4.42 Å². The largest absolute Gasteiger partial charge is 0.459 e. The van der Waals surface area contributed by atoms with Crippen molar-refractivity contribution in [3.05, 3.63) is 51.9 Å². The topological polar surface area (TPSA) is 99.0 Å². The molecule has 3 aliphatic rings. The van der Waals surface area contributed by atoms with Crippen LogP contribution in [0.2, 0.25) is 0 Å². The predicted molar refractivity (Wildman–Crippen MR) is 141 cm³/mol. The molecule has 5 rings (SSSR count). The van der Waals surface area contributed by atoms with Crippen LogP contribution in [0, 0.1) is 0 Å². The second-order valence-corrected chi connectivity index (χ2v) is 10.9. The zero-order valence-electron chi connectivity index (χ0n) is 21.2. The van der Waals surface area contributed by atoms with E-state index in [1.807, 2.05) is 10.3 Å². The molecule has 2 aliphatic heterocycles. The third-order valence-electron chi connectivity index (χ3n) is 7.57. The molecule has 9 nitrogen and oxygen atoms in total. The molecule has 1 N–H and O–H groups in total. The Morgan fingerprint density at radius 2 is 1.76 bits per heavy atom. The monoisotopic (exact) mass is 525 g/mol. The minimum Gasteiger partial charge on any atom is -0.459 e. The van der Waals surface area contributed by atoms with Crippen LogP contribution >= 0.6 is 11.3 Å². The van der Waals surface area contributed by atoms with E-state index in [0.29, 0.717) is 57.3 Å². The summed E-state index contributed by atoms with van der Waals surface area (Å²) in [6.45, 7) is 4.00. The summed E-state index contributed by atoms with van der Waals surface area (Å²) < 4.78 is 5.20. The van der Waals surface area contributed by atoms with Crippen molar-refractivity contribution < 1.29 is 18.8 Å². The normalized spacial score (nSPS) is 19.0. The van der Waals surface area contributed by atoms with E-state index in [9.17, 15) is 14.4 Å². The van der Waals surface area contributed by atoms with Gasteiger partial charge >= 0.3 is 6.03 Å². The van der Waals surface area contributed by atoms with Crippen LogP contribution in [0.3, 0.4) is 0 Å². The van der Waals surface area contributed by atoms with Gasteiger partial charge in [0.25, 0.3) is 11.8 Å². The minimum atomic E-state index is -0.144. The van der Waals surface area contributed by atoms with Gasteiger partial charge in [-0.1, -0.05) is 11.6 Å². The zero-order valence-corrected chi connectivity index (χ0v) is 22.0. The van der Waals surface area contributed by atoms with Crippen LogP contribution in [-0.2, 0) is 0 Å². The van der Waals surface area contributed by atoms with Gasteiger partial charge in [-0.15, -0.1) is 11.3 Å². The molecule has 2 saturated heterocycles. The summed E-state index contributed by atoms with van der Waals surface area (Å²) in [6.07, 6.45) is 11.4. The number of nitrogens with zero attached hydrogens (tertiary/aromatic N) is 4. The molecular weight excluding hydrogens is 490 g/mol. The molecule has 4 heterocycles. The van der Waals surface area contributed by atoms with E-state index < -0.39 is 0 Å². The quantitative estimate of drug-likeness (QED) is 0.572. The highest BCUT2D eigenvalue weighted by molar-refractivity contribution is 7.09. The number of piperazine rings is 1. The van der Waals surface area contributed by atoms with Crippen molar-refractivity contribution in [1.29, 1.82) is 0 Å². The number of piperidine rings is 1. The Labute approximate surface area is 221 Å². The van der Waals surface area contributed by atoms with Crippen LogP contribution in [0.5, 0.6) is 0 Å². The van der Waals surface area contributed by atoms with Crippen LogP contribution in [0.15, 0.2) is 39.8 Å². The number of amides is 4. The van der Waals surface area contributed by atoms with Gasteiger partial charge in [-0.05, 0) is 57.1 Å². The number of aromatic nitrogens is 1. The average Bonchev–Trinajstić information content (AvgIpc) is 3.66. The summed E-state index contributed by atoms with van der Waals surface area (Å²) in [6, 6.07) is 3.38. The SMILES string of the molecule is O=C(NCCC1=CCCCC1)N1CCC(c2nc(C(=O)N3CCN(C(=O)c4ccco4)CC3)cs2)CC1. The zero-order chi connectivity index (χ0) is 25.6. The molecular formula is C27H35N5O4S. The fourth-order valence-electron chi connectivity index (χ4n) is 5.31. The number of rotatable bonds is 6. The first-order valence-corrected chi connectivity index (χ1v) is 14.2. The first-order valence-electron chi connectivity index (χ1n) is 13.4. The predicted octanol–water partition coefficient (Wildman–Crippen LogP) is 4.11. The molecule has 0 unspecified atom stereocenters.